The van der Waals surface area contributed by atoms with E-state index in [1.165, 1.54) is 5.57 Å². The van der Waals surface area contributed by atoms with Gasteiger partial charge >= 0.3 is 0 Å². The van der Waals surface area contributed by atoms with Gasteiger partial charge in [-0.25, -0.2) is 0 Å². The lowest BCUT2D eigenvalue weighted by atomic mass is 9.85. The molecule has 0 bridgehead atoms. The largest absolute Gasteiger partial charge is 0.106 e. The van der Waals surface area contributed by atoms with Gasteiger partial charge in [-0.3, -0.25) is 0 Å². The molecule has 0 amide bonds. The first-order valence-electron chi connectivity index (χ1n) is 4.03. The molecule has 0 aromatic carbocycles. The Morgan fingerprint density at radius 2 is 2.18 bits per heavy atom. The molecule has 58 valence electrons. The van der Waals surface area contributed by atoms with E-state index in [1.807, 2.05) is 6.92 Å². The number of hydrogen-bond acceptors (Lipinski definition) is 0. The first-order valence-corrected chi connectivity index (χ1v) is 4.03. The summed E-state index contributed by atoms with van der Waals surface area (Å²) in [6.45, 7) is 6.26. The molecule has 2 unspecified atom stereocenters. The highest BCUT2D eigenvalue weighted by molar-refractivity contribution is 5.28. The molecule has 1 aliphatic rings. The second kappa shape index (κ2) is 3.44. The standard InChI is InChI=1S/C11H14/c1-4-6-11-9(2)7-5-8-10(11)3/h5,7-9,11H,1-3H3. The van der Waals surface area contributed by atoms with Crippen molar-refractivity contribution >= 4 is 0 Å². The molecule has 0 fully saturated rings. The molecule has 0 aliphatic heterocycles. The maximum atomic E-state index is 3.21. The van der Waals surface area contributed by atoms with E-state index in [0.29, 0.717) is 11.8 Å². The van der Waals surface area contributed by atoms with Crippen LogP contribution in [-0.4, -0.2) is 0 Å². The zero-order chi connectivity index (χ0) is 8.27. The molecule has 0 saturated heterocycles. The van der Waals surface area contributed by atoms with Gasteiger partial charge in [-0.1, -0.05) is 36.6 Å². The molecule has 0 aromatic heterocycles. The van der Waals surface area contributed by atoms with Crippen molar-refractivity contribution < 1.29 is 0 Å². The molecule has 11 heavy (non-hydrogen) atoms. The van der Waals surface area contributed by atoms with Crippen molar-refractivity contribution in [1.82, 2.24) is 0 Å². The molecule has 1 rings (SSSR count). The zero-order valence-corrected chi connectivity index (χ0v) is 7.39. The van der Waals surface area contributed by atoms with Crippen LogP contribution in [0.2, 0.25) is 0 Å². The summed E-state index contributed by atoms with van der Waals surface area (Å²) in [7, 11) is 0. The second-order valence-electron chi connectivity index (χ2n) is 3.03. The predicted molar refractivity (Wildman–Crippen MR) is 49.0 cm³/mol. The lowest BCUT2D eigenvalue weighted by molar-refractivity contribution is 0.592. The maximum absolute atomic E-state index is 3.21. The average Bonchev–Trinajstić information content (AvgIpc) is 1.97. The quantitative estimate of drug-likeness (QED) is 0.461. The fraction of sp³-hybridized carbons (Fsp3) is 0.455. The molecule has 0 heteroatoms. The van der Waals surface area contributed by atoms with Crippen LogP contribution in [0.3, 0.4) is 0 Å². The van der Waals surface area contributed by atoms with Crippen molar-refractivity contribution in [3.8, 4) is 11.8 Å². The lowest BCUT2D eigenvalue weighted by Gasteiger charge is -2.19. The van der Waals surface area contributed by atoms with E-state index in [9.17, 15) is 0 Å². The molecular formula is C11H14. The summed E-state index contributed by atoms with van der Waals surface area (Å²) in [6.07, 6.45) is 6.48. The van der Waals surface area contributed by atoms with E-state index in [1.54, 1.807) is 0 Å². The summed E-state index contributed by atoms with van der Waals surface area (Å²) in [5.74, 6) is 7.21. The molecular weight excluding hydrogens is 132 g/mol. The van der Waals surface area contributed by atoms with Crippen LogP contribution in [0, 0.1) is 23.7 Å². The number of hydrogen-bond donors (Lipinski definition) is 0. The minimum absolute atomic E-state index is 0.449. The molecule has 0 radical (unpaired) electrons. The Morgan fingerprint density at radius 1 is 1.45 bits per heavy atom. The molecule has 0 spiro atoms. The third-order valence-electron chi connectivity index (χ3n) is 2.09. The molecule has 0 saturated carbocycles. The van der Waals surface area contributed by atoms with Crippen molar-refractivity contribution in [2.45, 2.75) is 20.8 Å². The first kappa shape index (κ1) is 8.14. The van der Waals surface area contributed by atoms with E-state index in [2.05, 4.69) is 43.9 Å². The van der Waals surface area contributed by atoms with Crippen LogP contribution >= 0.6 is 0 Å². The second-order valence-corrected chi connectivity index (χ2v) is 3.03. The fourth-order valence-corrected chi connectivity index (χ4v) is 1.41. The third-order valence-corrected chi connectivity index (χ3v) is 2.09. The van der Waals surface area contributed by atoms with Crippen molar-refractivity contribution in [3.63, 3.8) is 0 Å². The summed E-state index contributed by atoms with van der Waals surface area (Å²) >= 11 is 0. The molecule has 2 atom stereocenters. The van der Waals surface area contributed by atoms with Gasteiger partial charge in [0.25, 0.3) is 0 Å². The Bertz CT molecular complexity index is 245. The molecule has 0 aromatic rings. The molecule has 1 aliphatic carbocycles. The summed E-state index contributed by atoms with van der Waals surface area (Å²) in [5, 5.41) is 0. The summed E-state index contributed by atoms with van der Waals surface area (Å²) in [4.78, 5) is 0. The monoisotopic (exact) mass is 146 g/mol. The minimum atomic E-state index is 0.449. The van der Waals surface area contributed by atoms with Gasteiger partial charge in [-0.15, -0.1) is 5.92 Å². The summed E-state index contributed by atoms with van der Waals surface area (Å²) in [5.41, 5.74) is 1.38. The van der Waals surface area contributed by atoms with Crippen LogP contribution in [0.4, 0.5) is 0 Å². The first-order chi connectivity index (χ1) is 5.25. The summed E-state index contributed by atoms with van der Waals surface area (Å²) < 4.78 is 0. The fourth-order valence-electron chi connectivity index (χ4n) is 1.41. The van der Waals surface area contributed by atoms with Crippen LogP contribution in [-0.2, 0) is 0 Å². The lowest BCUT2D eigenvalue weighted by Crippen LogP contribution is -2.11. The van der Waals surface area contributed by atoms with E-state index in [0.717, 1.165) is 0 Å². The van der Waals surface area contributed by atoms with E-state index in [-0.39, 0.29) is 0 Å². The predicted octanol–water partition coefficient (Wildman–Crippen LogP) is 2.78. The summed E-state index contributed by atoms with van der Waals surface area (Å²) in [6, 6.07) is 0. The van der Waals surface area contributed by atoms with E-state index >= 15 is 0 Å². The highest BCUT2D eigenvalue weighted by Crippen LogP contribution is 2.24. The highest BCUT2D eigenvalue weighted by Gasteiger charge is 2.15. The van der Waals surface area contributed by atoms with Crippen LogP contribution in [0.25, 0.3) is 0 Å². The Hall–Kier alpha value is -0.960. The van der Waals surface area contributed by atoms with E-state index < -0.39 is 0 Å². The van der Waals surface area contributed by atoms with Crippen molar-refractivity contribution in [2.24, 2.45) is 11.8 Å². The number of rotatable bonds is 0. The smallest absolute Gasteiger partial charge is 0.0472 e. The van der Waals surface area contributed by atoms with Crippen molar-refractivity contribution in [2.75, 3.05) is 0 Å². The van der Waals surface area contributed by atoms with E-state index in [4.69, 9.17) is 0 Å². The van der Waals surface area contributed by atoms with Gasteiger partial charge in [-0.05, 0) is 19.8 Å². The average molecular weight is 146 g/mol. The van der Waals surface area contributed by atoms with Gasteiger partial charge in [0, 0.05) is 5.92 Å². The van der Waals surface area contributed by atoms with Crippen molar-refractivity contribution in [1.29, 1.82) is 0 Å². The topological polar surface area (TPSA) is 0 Å². The SMILES string of the molecule is CC#CC1C(C)=CC=CC1C. The van der Waals surface area contributed by atoms with Gasteiger partial charge < -0.3 is 0 Å². The number of allylic oxidation sites excluding steroid dienone is 4. The molecule has 0 heterocycles. The maximum Gasteiger partial charge on any atom is 0.0472 e. The van der Waals surface area contributed by atoms with Gasteiger partial charge in [0.15, 0.2) is 0 Å². The normalized spacial score (nSPS) is 28.8. The van der Waals surface area contributed by atoms with Gasteiger partial charge in [-0.2, -0.15) is 0 Å². The van der Waals surface area contributed by atoms with Gasteiger partial charge in [0.1, 0.15) is 0 Å². The zero-order valence-electron chi connectivity index (χ0n) is 7.39. The molecule has 0 N–H and O–H groups in total. The van der Waals surface area contributed by atoms with Crippen LogP contribution in [0.15, 0.2) is 23.8 Å². The molecule has 0 nitrogen and oxygen atoms in total. The Labute approximate surface area is 69.0 Å². The highest BCUT2D eigenvalue weighted by atomic mass is 14.2. The Morgan fingerprint density at radius 3 is 2.73 bits per heavy atom. The van der Waals surface area contributed by atoms with Crippen molar-refractivity contribution in [3.05, 3.63) is 23.8 Å². The Balaban J connectivity index is 2.83. The van der Waals surface area contributed by atoms with Crippen LogP contribution in [0.5, 0.6) is 0 Å². The Kier molecular flexibility index (Phi) is 2.54. The van der Waals surface area contributed by atoms with Gasteiger partial charge in [0.2, 0.25) is 0 Å². The van der Waals surface area contributed by atoms with Crippen LogP contribution in [0.1, 0.15) is 20.8 Å². The minimum Gasteiger partial charge on any atom is -0.106 e. The van der Waals surface area contributed by atoms with Crippen LogP contribution < -0.4 is 0 Å². The third kappa shape index (κ3) is 1.74. The van der Waals surface area contributed by atoms with Gasteiger partial charge in [0.05, 0.1) is 0 Å².